The summed E-state index contributed by atoms with van der Waals surface area (Å²) in [5.74, 6) is 2.50. The van der Waals surface area contributed by atoms with Crippen molar-refractivity contribution in [1.29, 1.82) is 0 Å². The van der Waals surface area contributed by atoms with Gasteiger partial charge in [-0.05, 0) is 53.1 Å². The zero-order valence-electron chi connectivity index (χ0n) is 22.1. The van der Waals surface area contributed by atoms with E-state index in [1.54, 1.807) is 32.7 Å². The maximum absolute atomic E-state index is 5.84. The first-order chi connectivity index (χ1) is 18.7. The molecule has 0 unspecified atom stereocenters. The van der Waals surface area contributed by atoms with Crippen LogP contribution in [0, 0.1) is 0 Å². The molecule has 0 N–H and O–H groups in total. The maximum atomic E-state index is 5.84. The summed E-state index contributed by atoms with van der Waals surface area (Å²) in [7, 11) is 5.03. The van der Waals surface area contributed by atoms with Crippen molar-refractivity contribution < 1.29 is 23.7 Å². The third kappa shape index (κ3) is 8.21. The van der Waals surface area contributed by atoms with E-state index in [9.17, 15) is 0 Å². The Morgan fingerprint density at radius 2 is 1.16 bits per heavy atom. The molecular weight excluding hydrogens is 500 g/mol. The minimum Gasteiger partial charge on any atom is -0.497 e. The van der Waals surface area contributed by atoms with Gasteiger partial charge in [0.25, 0.3) is 0 Å². The highest BCUT2D eigenvalue weighted by atomic mass is 32.1. The molecule has 1 aromatic heterocycles. The van der Waals surface area contributed by atoms with E-state index < -0.39 is 0 Å². The molecule has 0 fully saturated rings. The van der Waals surface area contributed by atoms with E-state index in [1.165, 1.54) is 0 Å². The van der Waals surface area contributed by atoms with Gasteiger partial charge in [0.2, 0.25) is 0 Å². The van der Waals surface area contributed by atoms with E-state index in [0.29, 0.717) is 39.5 Å². The average Bonchev–Trinajstić information content (AvgIpc) is 3.44. The van der Waals surface area contributed by atoms with Crippen molar-refractivity contribution >= 4 is 16.5 Å². The van der Waals surface area contributed by atoms with Gasteiger partial charge in [-0.2, -0.15) is 0 Å². The van der Waals surface area contributed by atoms with Crippen LogP contribution in [-0.4, -0.2) is 39.5 Å². The number of hydrogen-bond donors (Lipinski definition) is 0. The Kier molecular flexibility index (Phi) is 10.4. The van der Waals surface area contributed by atoms with Gasteiger partial charge < -0.3 is 28.6 Å². The molecule has 0 aliphatic heterocycles. The summed E-state index contributed by atoms with van der Waals surface area (Å²) >= 11 is 1.61. The lowest BCUT2D eigenvalue weighted by Gasteiger charge is -2.22. The van der Waals surface area contributed by atoms with Crippen LogP contribution in [0.2, 0.25) is 0 Å². The van der Waals surface area contributed by atoms with Crippen molar-refractivity contribution in [3.63, 3.8) is 0 Å². The quantitative estimate of drug-likeness (QED) is 0.171. The number of nitrogens with zero attached hydrogens (tertiary/aromatic N) is 2. The van der Waals surface area contributed by atoms with Gasteiger partial charge in [0.15, 0.2) is 5.13 Å². The highest BCUT2D eigenvalue weighted by Gasteiger charge is 2.14. The lowest BCUT2D eigenvalue weighted by atomic mass is 10.1. The first kappa shape index (κ1) is 27.4. The first-order valence-electron chi connectivity index (χ1n) is 12.4. The van der Waals surface area contributed by atoms with Gasteiger partial charge in [0.05, 0.1) is 53.5 Å². The summed E-state index contributed by atoms with van der Waals surface area (Å²) in [6.45, 7) is 3.34. The van der Waals surface area contributed by atoms with Crippen LogP contribution in [0.4, 0.5) is 5.13 Å². The fourth-order valence-corrected chi connectivity index (χ4v) is 4.74. The molecule has 0 saturated carbocycles. The molecule has 4 aromatic rings. The summed E-state index contributed by atoms with van der Waals surface area (Å²) in [5.41, 5.74) is 4.27. The normalized spacial score (nSPS) is 10.8. The van der Waals surface area contributed by atoms with Crippen LogP contribution in [0.25, 0.3) is 0 Å². The number of ether oxygens (including phenoxy) is 5. The van der Waals surface area contributed by atoms with Gasteiger partial charge in [-0.25, -0.2) is 4.98 Å². The molecule has 200 valence electrons. The summed E-state index contributed by atoms with van der Waals surface area (Å²) in [6.07, 6.45) is 0. The fourth-order valence-electron chi connectivity index (χ4n) is 3.93. The third-order valence-corrected chi connectivity index (χ3v) is 6.80. The highest BCUT2D eigenvalue weighted by molar-refractivity contribution is 7.13. The smallest absolute Gasteiger partial charge is 0.186 e. The number of aromatic nitrogens is 1. The molecule has 0 radical (unpaired) electrons. The van der Waals surface area contributed by atoms with Gasteiger partial charge in [-0.3, -0.25) is 0 Å². The van der Waals surface area contributed by atoms with E-state index in [-0.39, 0.29) is 0 Å². The molecule has 1 heterocycles. The van der Waals surface area contributed by atoms with E-state index >= 15 is 0 Å². The molecule has 3 aromatic carbocycles. The van der Waals surface area contributed by atoms with Crippen molar-refractivity contribution in [3.05, 3.63) is 101 Å². The summed E-state index contributed by atoms with van der Waals surface area (Å²) in [4.78, 5) is 7.13. The Morgan fingerprint density at radius 1 is 0.658 bits per heavy atom. The summed E-state index contributed by atoms with van der Waals surface area (Å²) < 4.78 is 27.7. The van der Waals surface area contributed by atoms with Gasteiger partial charge in [0, 0.05) is 18.5 Å². The number of rotatable bonds is 15. The minimum absolute atomic E-state index is 0.436. The van der Waals surface area contributed by atoms with Crippen LogP contribution in [0.1, 0.15) is 22.4 Å². The molecule has 7 nitrogen and oxygen atoms in total. The highest BCUT2D eigenvalue weighted by Crippen LogP contribution is 2.27. The maximum Gasteiger partial charge on any atom is 0.186 e. The second kappa shape index (κ2) is 14.4. The molecule has 0 atom stereocenters. The number of thiazole rings is 1. The van der Waals surface area contributed by atoms with E-state index in [0.717, 1.165) is 44.8 Å². The monoisotopic (exact) mass is 534 g/mol. The first-order valence-corrected chi connectivity index (χ1v) is 13.3. The second-order valence-electron chi connectivity index (χ2n) is 8.64. The van der Waals surface area contributed by atoms with Crippen LogP contribution >= 0.6 is 11.3 Å². The molecule has 0 aliphatic rings. The lowest BCUT2D eigenvalue weighted by molar-refractivity contribution is 0.0330. The zero-order chi connectivity index (χ0) is 26.6. The summed E-state index contributed by atoms with van der Waals surface area (Å²) in [5, 5.41) is 2.99. The number of methoxy groups -OCH3 is 3. The van der Waals surface area contributed by atoms with Crippen molar-refractivity contribution in [2.75, 3.05) is 39.4 Å². The Balaban J connectivity index is 1.33. The average molecular weight is 535 g/mol. The van der Waals surface area contributed by atoms with Crippen LogP contribution < -0.4 is 19.1 Å². The van der Waals surface area contributed by atoms with Crippen molar-refractivity contribution in [2.45, 2.75) is 26.3 Å². The molecule has 38 heavy (non-hydrogen) atoms. The van der Waals surface area contributed by atoms with E-state index in [1.807, 2.05) is 48.5 Å². The molecule has 0 amide bonds. The van der Waals surface area contributed by atoms with Crippen LogP contribution in [0.15, 0.2) is 78.2 Å². The topological polar surface area (TPSA) is 62.3 Å². The molecule has 0 bridgehead atoms. The SMILES string of the molecule is COc1cccc(COCCOCc2csc(N(Cc3cccc(OC)c3)Cc3cccc(OC)c3)n2)c1. The number of hydrogen-bond acceptors (Lipinski definition) is 8. The molecule has 0 saturated heterocycles. The Morgan fingerprint density at radius 3 is 1.71 bits per heavy atom. The van der Waals surface area contributed by atoms with Crippen molar-refractivity contribution in [2.24, 2.45) is 0 Å². The summed E-state index contributed by atoms with van der Waals surface area (Å²) in [6, 6.07) is 24.1. The van der Waals surface area contributed by atoms with Gasteiger partial charge >= 0.3 is 0 Å². The Bertz CT molecular complexity index is 1230. The van der Waals surface area contributed by atoms with E-state index in [2.05, 4.69) is 34.5 Å². The third-order valence-electron chi connectivity index (χ3n) is 5.85. The van der Waals surface area contributed by atoms with Crippen LogP contribution in [0.3, 0.4) is 0 Å². The Labute approximate surface area is 228 Å². The second-order valence-corrected chi connectivity index (χ2v) is 9.47. The number of anilines is 1. The van der Waals surface area contributed by atoms with Gasteiger partial charge in [0.1, 0.15) is 17.2 Å². The minimum atomic E-state index is 0.436. The molecule has 0 spiro atoms. The van der Waals surface area contributed by atoms with Crippen molar-refractivity contribution in [1.82, 2.24) is 4.98 Å². The number of benzene rings is 3. The largest absolute Gasteiger partial charge is 0.497 e. The van der Waals surface area contributed by atoms with Gasteiger partial charge in [-0.1, -0.05) is 36.4 Å². The van der Waals surface area contributed by atoms with Gasteiger partial charge in [-0.15, -0.1) is 11.3 Å². The lowest BCUT2D eigenvalue weighted by Crippen LogP contribution is -2.22. The van der Waals surface area contributed by atoms with Crippen LogP contribution in [-0.2, 0) is 35.8 Å². The molecule has 8 heteroatoms. The van der Waals surface area contributed by atoms with Crippen LogP contribution in [0.5, 0.6) is 17.2 Å². The Hall–Kier alpha value is -3.59. The predicted octanol–water partition coefficient (Wildman–Crippen LogP) is 6.11. The zero-order valence-corrected chi connectivity index (χ0v) is 22.9. The molecule has 4 rings (SSSR count). The molecule has 0 aliphatic carbocycles. The predicted molar refractivity (Wildman–Crippen MR) is 150 cm³/mol. The van der Waals surface area contributed by atoms with E-state index in [4.69, 9.17) is 28.7 Å². The fraction of sp³-hybridized carbons (Fsp3) is 0.300. The molecular formula is C30H34N2O5S. The standard InChI is InChI=1S/C30H34N2O5S/c1-33-27-10-4-7-23(15-27)18-32(19-24-8-5-11-28(16-24)34-2)30-31-26(22-38-30)21-37-14-13-36-20-25-9-6-12-29(17-25)35-3/h4-12,15-17,22H,13-14,18-21H2,1-3H3. The van der Waals surface area contributed by atoms with Crippen molar-refractivity contribution in [3.8, 4) is 17.2 Å².